The molecule has 2 aromatic rings. The number of hydrogen-bond acceptors (Lipinski definition) is 3. The van der Waals surface area contributed by atoms with Crippen molar-refractivity contribution < 1.29 is 13.2 Å². The molecule has 0 heterocycles. The van der Waals surface area contributed by atoms with Gasteiger partial charge in [0.05, 0.1) is 23.5 Å². The van der Waals surface area contributed by atoms with E-state index in [9.17, 15) is 13.2 Å². The summed E-state index contributed by atoms with van der Waals surface area (Å²) < 4.78 is 25.1. The van der Waals surface area contributed by atoms with E-state index >= 15 is 0 Å². The van der Waals surface area contributed by atoms with Crippen LogP contribution in [0.15, 0.2) is 48.5 Å². The second-order valence-corrected chi connectivity index (χ2v) is 7.94. The van der Waals surface area contributed by atoms with Crippen molar-refractivity contribution in [1.82, 2.24) is 4.31 Å². The van der Waals surface area contributed by atoms with Gasteiger partial charge in [0.15, 0.2) is 0 Å². The molecule has 0 saturated carbocycles. The van der Waals surface area contributed by atoms with Crippen molar-refractivity contribution in [3.05, 3.63) is 64.7 Å². The van der Waals surface area contributed by atoms with Crippen LogP contribution in [-0.2, 0) is 21.4 Å². The molecule has 0 aliphatic rings. The van der Waals surface area contributed by atoms with Gasteiger partial charge in [0.1, 0.15) is 0 Å². The van der Waals surface area contributed by atoms with Crippen LogP contribution in [0.1, 0.15) is 11.1 Å². The molecule has 0 saturated heterocycles. The molecule has 0 atom stereocenters. The zero-order valence-electron chi connectivity index (χ0n) is 13.5. The number of para-hydroxylation sites is 1. The van der Waals surface area contributed by atoms with Gasteiger partial charge in [-0.1, -0.05) is 53.6 Å². The number of hydrogen-bond donors (Lipinski definition) is 1. The first-order chi connectivity index (χ1) is 11.3. The van der Waals surface area contributed by atoms with Crippen LogP contribution in [0.2, 0.25) is 5.02 Å². The van der Waals surface area contributed by atoms with Gasteiger partial charge in [0.25, 0.3) is 0 Å². The van der Waals surface area contributed by atoms with Crippen molar-refractivity contribution in [1.29, 1.82) is 0 Å². The van der Waals surface area contributed by atoms with Gasteiger partial charge in [-0.05, 0) is 24.6 Å². The Hall–Kier alpha value is -1.89. The normalized spacial score (nSPS) is 11.5. The quantitative estimate of drug-likeness (QED) is 0.854. The average molecular weight is 367 g/mol. The number of benzene rings is 2. The number of nitrogens with zero attached hydrogens (tertiary/aromatic N) is 1. The molecule has 1 amide bonds. The largest absolute Gasteiger partial charge is 0.324 e. The van der Waals surface area contributed by atoms with E-state index in [1.165, 1.54) is 0 Å². The summed E-state index contributed by atoms with van der Waals surface area (Å²) in [5.74, 6) is -0.443. The first-order valence-corrected chi connectivity index (χ1v) is 9.53. The minimum absolute atomic E-state index is 0.135. The van der Waals surface area contributed by atoms with E-state index in [1.54, 1.807) is 24.3 Å². The molecule has 0 aliphatic carbocycles. The third kappa shape index (κ3) is 5.33. The standard InChI is InChI=1S/C17H19ClN2O3S/c1-13-6-5-7-14(10-13)11-20(24(2,22)23)12-17(21)19-16-9-4-3-8-15(16)18/h3-10H,11-12H2,1-2H3,(H,19,21). The number of sulfonamides is 1. The van der Waals surface area contributed by atoms with Gasteiger partial charge in [-0.15, -0.1) is 0 Å². The van der Waals surface area contributed by atoms with Crippen molar-refractivity contribution in [2.24, 2.45) is 0 Å². The van der Waals surface area contributed by atoms with Crippen LogP contribution in [-0.4, -0.2) is 31.4 Å². The Balaban J connectivity index is 2.12. The highest BCUT2D eigenvalue weighted by atomic mass is 35.5. The number of carbonyl (C=O) groups is 1. The number of rotatable bonds is 6. The molecule has 5 nitrogen and oxygen atoms in total. The predicted molar refractivity (Wildman–Crippen MR) is 96.5 cm³/mol. The van der Waals surface area contributed by atoms with Gasteiger partial charge in [0.2, 0.25) is 15.9 Å². The van der Waals surface area contributed by atoms with E-state index in [0.29, 0.717) is 10.7 Å². The van der Waals surface area contributed by atoms with Gasteiger partial charge < -0.3 is 5.32 Å². The summed E-state index contributed by atoms with van der Waals surface area (Å²) in [5, 5.41) is 3.03. The second-order valence-electron chi connectivity index (χ2n) is 5.55. The predicted octanol–water partition coefficient (Wildman–Crippen LogP) is 3.05. The van der Waals surface area contributed by atoms with Gasteiger partial charge in [-0.25, -0.2) is 8.42 Å². The zero-order valence-corrected chi connectivity index (χ0v) is 15.1. The van der Waals surface area contributed by atoms with Crippen LogP contribution < -0.4 is 5.32 Å². The minimum Gasteiger partial charge on any atom is -0.324 e. The lowest BCUT2D eigenvalue weighted by Gasteiger charge is -2.20. The van der Waals surface area contributed by atoms with Crippen molar-refractivity contribution in [3.8, 4) is 0 Å². The Labute approximate surface area is 147 Å². The van der Waals surface area contributed by atoms with Crippen LogP contribution >= 0.6 is 11.6 Å². The summed E-state index contributed by atoms with van der Waals surface area (Å²) in [6.07, 6.45) is 1.09. The number of amides is 1. The fourth-order valence-electron chi connectivity index (χ4n) is 2.22. The molecule has 2 rings (SSSR count). The van der Waals surface area contributed by atoms with Crippen LogP contribution in [0, 0.1) is 6.92 Å². The lowest BCUT2D eigenvalue weighted by Crippen LogP contribution is -2.36. The number of carbonyl (C=O) groups excluding carboxylic acids is 1. The molecule has 0 unspecified atom stereocenters. The number of nitrogens with one attached hydrogen (secondary N) is 1. The maximum absolute atomic E-state index is 12.2. The molecule has 2 aromatic carbocycles. The fraction of sp³-hybridized carbons (Fsp3) is 0.235. The fourth-order valence-corrected chi connectivity index (χ4v) is 3.14. The summed E-state index contributed by atoms with van der Waals surface area (Å²) in [7, 11) is -3.53. The molecule has 1 N–H and O–H groups in total. The number of aryl methyl sites for hydroxylation is 1. The van der Waals surface area contributed by atoms with E-state index in [-0.39, 0.29) is 13.1 Å². The third-order valence-corrected chi connectivity index (χ3v) is 4.90. The average Bonchev–Trinajstić information content (AvgIpc) is 2.48. The molecule has 128 valence electrons. The van der Waals surface area contributed by atoms with E-state index in [1.807, 2.05) is 31.2 Å². The highest BCUT2D eigenvalue weighted by Crippen LogP contribution is 2.20. The van der Waals surface area contributed by atoms with Gasteiger partial charge >= 0.3 is 0 Å². The minimum atomic E-state index is -3.53. The van der Waals surface area contributed by atoms with Gasteiger partial charge in [-0.3, -0.25) is 4.79 Å². The molecule has 0 radical (unpaired) electrons. The summed E-state index contributed by atoms with van der Waals surface area (Å²) in [4.78, 5) is 12.2. The van der Waals surface area contributed by atoms with Gasteiger partial charge in [0, 0.05) is 6.54 Å². The lowest BCUT2D eigenvalue weighted by atomic mass is 10.1. The van der Waals surface area contributed by atoms with Crippen LogP contribution in [0.4, 0.5) is 5.69 Å². The highest BCUT2D eigenvalue weighted by Gasteiger charge is 2.21. The van der Waals surface area contributed by atoms with Crippen molar-refractivity contribution >= 4 is 33.2 Å². The Morgan fingerprint density at radius 1 is 1.17 bits per heavy atom. The monoisotopic (exact) mass is 366 g/mol. The first kappa shape index (κ1) is 18.4. The van der Waals surface area contributed by atoms with E-state index < -0.39 is 15.9 Å². The molecule has 24 heavy (non-hydrogen) atoms. The smallest absolute Gasteiger partial charge is 0.239 e. The molecular weight excluding hydrogens is 348 g/mol. The highest BCUT2D eigenvalue weighted by molar-refractivity contribution is 7.88. The maximum Gasteiger partial charge on any atom is 0.239 e. The van der Waals surface area contributed by atoms with Gasteiger partial charge in [-0.2, -0.15) is 4.31 Å². The van der Waals surface area contributed by atoms with Crippen LogP contribution in [0.3, 0.4) is 0 Å². The van der Waals surface area contributed by atoms with Crippen LogP contribution in [0.5, 0.6) is 0 Å². The van der Waals surface area contributed by atoms with Crippen molar-refractivity contribution in [2.45, 2.75) is 13.5 Å². The van der Waals surface area contributed by atoms with E-state index in [4.69, 9.17) is 11.6 Å². The molecular formula is C17H19ClN2O3S. The van der Waals surface area contributed by atoms with E-state index in [0.717, 1.165) is 21.7 Å². The van der Waals surface area contributed by atoms with Crippen LogP contribution in [0.25, 0.3) is 0 Å². The summed E-state index contributed by atoms with van der Waals surface area (Å²) in [5.41, 5.74) is 2.31. The Kier molecular flexibility index (Phi) is 5.99. The van der Waals surface area contributed by atoms with Crippen molar-refractivity contribution in [3.63, 3.8) is 0 Å². The molecule has 0 fully saturated rings. The SMILES string of the molecule is Cc1cccc(CN(CC(=O)Nc2ccccc2Cl)S(C)(=O)=O)c1. The Bertz CT molecular complexity index is 837. The third-order valence-electron chi connectivity index (χ3n) is 3.38. The molecule has 0 aromatic heterocycles. The number of anilines is 1. The Morgan fingerprint density at radius 2 is 1.88 bits per heavy atom. The maximum atomic E-state index is 12.2. The molecule has 0 bridgehead atoms. The summed E-state index contributed by atoms with van der Waals surface area (Å²) in [6.45, 7) is 1.78. The molecule has 7 heteroatoms. The Morgan fingerprint density at radius 3 is 2.50 bits per heavy atom. The van der Waals surface area contributed by atoms with Crippen molar-refractivity contribution in [2.75, 3.05) is 18.1 Å². The van der Waals surface area contributed by atoms with E-state index in [2.05, 4.69) is 5.32 Å². The topological polar surface area (TPSA) is 66.5 Å². The second kappa shape index (κ2) is 7.79. The molecule has 0 spiro atoms. The zero-order chi connectivity index (χ0) is 17.7. The first-order valence-electron chi connectivity index (χ1n) is 7.31. The summed E-state index contributed by atoms with van der Waals surface area (Å²) >= 11 is 6.00. The molecule has 0 aliphatic heterocycles. The number of halogens is 1. The summed E-state index contributed by atoms with van der Waals surface area (Å²) in [6, 6.07) is 14.3. The lowest BCUT2D eigenvalue weighted by molar-refractivity contribution is -0.116.